The highest BCUT2D eigenvalue weighted by Gasteiger charge is 2.12. The van der Waals surface area contributed by atoms with Crippen molar-refractivity contribution in [1.82, 2.24) is 0 Å². The van der Waals surface area contributed by atoms with Crippen molar-refractivity contribution in [1.29, 1.82) is 10.8 Å². The van der Waals surface area contributed by atoms with Crippen LogP contribution < -0.4 is 0 Å². The Morgan fingerprint density at radius 1 is 0.556 bits per heavy atom. The summed E-state index contributed by atoms with van der Waals surface area (Å²) in [4.78, 5) is 4.78. The number of fused-ring (bicyclic) bond motifs is 1. The Morgan fingerprint density at radius 3 is 1.14 bits per heavy atom. The van der Waals surface area contributed by atoms with Crippen LogP contribution in [0.15, 0.2) is 94.7 Å². The molecule has 0 radical (unpaired) electrons. The average molecular weight is 565 g/mol. The highest BCUT2D eigenvalue weighted by Crippen LogP contribution is 2.28. The first-order valence-electron chi connectivity index (χ1n) is 9.53. The number of halogens is 2. The quantitative estimate of drug-likeness (QED) is 0.201. The van der Waals surface area contributed by atoms with Crippen LogP contribution in [0.5, 0.6) is 0 Å². The molecule has 4 aromatic rings. The number of rotatable bonds is 2. The smallest absolute Gasteiger partial charge is 0.403 e. The van der Waals surface area contributed by atoms with Gasteiger partial charge in [0.2, 0.25) is 10.8 Å². The highest BCUT2D eigenvalue weighted by atomic mass is 35.5. The van der Waals surface area contributed by atoms with Crippen LogP contribution in [0, 0.1) is 10.8 Å². The number of diazo groups is 2. The molecular weight excluding hydrogens is 551 g/mol. The summed E-state index contributed by atoms with van der Waals surface area (Å²) in [7, 11) is -9.48. The minimum absolute atomic E-state index is 0.0792. The molecule has 10 nitrogen and oxygen atoms in total. The average Bonchev–Trinajstić information content (AvgIpc) is 2.83. The molecule has 0 aliphatic heterocycles. The number of hydrogen-bond donors (Lipinski definition) is 0. The molecule has 0 unspecified atom stereocenters. The molecule has 0 saturated heterocycles. The molecule has 0 aliphatic rings. The van der Waals surface area contributed by atoms with E-state index >= 15 is 0 Å². The molecule has 0 spiro atoms. The fourth-order valence-corrected chi connectivity index (χ4v) is 4.49. The second kappa shape index (κ2) is 12.4. The van der Waals surface area contributed by atoms with E-state index in [2.05, 4.69) is 9.95 Å². The summed E-state index contributed by atoms with van der Waals surface area (Å²) in [5, 5.41) is 17.3. The lowest BCUT2D eigenvalue weighted by atomic mass is 10.1. The van der Waals surface area contributed by atoms with Crippen molar-refractivity contribution in [3.8, 4) is 0 Å². The Balaban J connectivity index is 0.000000212. The minimum Gasteiger partial charge on any atom is -0.744 e. The maximum atomic E-state index is 11.0. The fourth-order valence-electron chi connectivity index (χ4n) is 2.75. The molecule has 0 aromatic heterocycles. The van der Waals surface area contributed by atoms with E-state index in [1.807, 2.05) is 0 Å². The van der Waals surface area contributed by atoms with Gasteiger partial charge in [0.1, 0.15) is 30.3 Å². The SMILES string of the molecule is N#[N+]c1ccccc1Cl.N#[N+]c1ccccc1Cl.O=S(=O)([O-])c1cccc2c(S(=O)(=O)[O-])cccc12. The van der Waals surface area contributed by atoms with Crippen molar-refractivity contribution in [3.05, 3.63) is 105 Å². The van der Waals surface area contributed by atoms with Gasteiger partial charge >= 0.3 is 11.4 Å². The van der Waals surface area contributed by atoms with E-state index in [9.17, 15) is 25.9 Å². The number of benzene rings is 4. The summed E-state index contributed by atoms with van der Waals surface area (Å²) in [6.45, 7) is 0. The molecule has 0 atom stereocenters. The molecule has 0 heterocycles. The molecule has 4 rings (SSSR count). The van der Waals surface area contributed by atoms with Crippen LogP contribution in [0.2, 0.25) is 10.0 Å². The Morgan fingerprint density at radius 2 is 0.889 bits per heavy atom. The first-order valence-corrected chi connectivity index (χ1v) is 13.1. The van der Waals surface area contributed by atoms with E-state index in [4.69, 9.17) is 34.0 Å². The lowest BCUT2D eigenvalue weighted by Crippen LogP contribution is -2.03. The second-order valence-electron chi connectivity index (χ2n) is 6.62. The van der Waals surface area contributed by atoms with Gasteiger partial charge in [-0.2, -0.15) is 0 Å². The van der Waals surface area contributed by atoms with Crippen LogP contribution in [0.3, 0.4) is 0 Å². The zero-order valence-electron chi connectivity index (χ0n) is 17.9. The topological polar surface area (TPSA) is 171 Å². The third kappa shape index (κ3) is 7.69. The number of nitrogens with zero attached hydrogens (tertiary/aromatic N) is 4. The van der Waals surface area contributed by atoms with Crippen molar-refractivity contribution < 1.29 is 25.9 Å². The largest absolute Gasteiger partial charge is 0.744 e. The monoisotopic (exact) mass is 564 g/mol. The molecule has 0 N–H and O–H groups in total. The molecule has 0 saturated carbocycles. The molecular formula is C22H14Cl2N4O6S2. The summed E-state index contributed by atoms with van der Waals surface area (Å²) in [6, 6.07) is 20.7. The summed E-state index contributed by atoms with van der Waals surface area (Å²) in [5.41, 5.74) is 0.804. The van der Waals surface area contributed by atoms with E-state index in [-0.39, 0.29) is 10.8 Å². The van der Waals surface area contributed by atoms with E-state index in [0.717, 1.165) is 12.1 Å². The van der Waals surface area contributed by atoms with Crippen LogP contribution in [-0.4, -0.2) is 25.9 Å². The molecule has 0 bridgehead atoms. The van der Waals surface area contributed by atoms with Gasteiger partial charge in [-0.15, -0.1) is 0 Å². The lowest BCUT2D eigenvalue weighted by molar-refractivity contribution is 0.461. The number of hydrogen-bond acceptors (Lipinski definition) is 8. The van der Waals surface area contributed by atoms with E-state index in [0.29, 0.717) is 21.4 Å². The molecule has 0 fully saturated rings. The fraction of sp³-hybridized carbons (Fsp3) is 0. The van der Waals surface area contributed by atoms with Gasteiger partial charge in [0, 0.05) is 22.9 Å². The van der Waals surface area contributed by atoms with Crippen LogP contribution in [-0.2, 0) is 20.2 Å². The maximum absolute atomic E-state index is 11.0. The zero-order chi connectivity index (χ0) is 26.9. The Kier molecular flexibility index (Phi) is 9.84. The lowest BCUT2D eigenvalue weighted by Gasteiger charge is -2.14. The standard InChI is InChI=1S/C10H8O6S2.2C6H4ClN2/c11-17(12,13)9-5-1-3-7-8(9)4-2-6-10(7)18(14,15)16;2*7-5-3-1-2-4-6(5)9-8/h1-6H,(H,11,12,13)(H,14,15,16);2*1-4H/q;2*+1/p-2. The van der Waals surface area contributed by atoms with Gasteiger partial charge in [-0.1, -0.05) is 71.7 Å². The van der Waals surface area contributed by atoms with Gasteiger partial charge in [-0.25, -0.2) is 16.8 Å². The first kappa shape index (κ1) is 28.6. The van der Waals surface area contributed by atoms with Crippen molar-refractivity contribution in [3.63, 3.8) is 0 Å². The Bertz CT molecular complexity index is 1570. The molecule has 36 heavy (non-hydrogen) atoms. The van der Waals surface area contributed by atoms with E-state index in [1.54, 1.807) is 48.5 Å². The second-order valence-corrected chi connectivity index (χ2v) is 10.1. The summed E-state index contributed by atoms with van der Waals surface area (Å²) in [5.74, 6) is 0. The van der Waals surface area contributed by atoms with Gasteiger partial charge < -0.3 is 9.11 Å². The first-order chi connectivity index (χ1) is 16.9. The third-order valence-electron chi connectivity index (χ3n) is 4.30. The molecule has 0 amide bonds. The van der Waals surface area contributed by atoms with Crippen molar-refractivity contribution in [2.24, 2.45) is 0 Å². The summed E-state index contributed by atoms with van der Waals surface area (Å²) in [6.07, 6.45) is 0. The van der Waals surface area contributed by atoms with Gasteiger partial charge in [-0.3, -0.25) is 0 Å². The predicted octanol–water partition coefficient (Wildman–Crippen LogP) is 6.30. The zero-order valence-corrected chi connectivity index (χ0v) is 21.0. The van der Waals surface area contributed by atoms with Gasteiger partial charge in [-0.05, 0) is 24.3 Å². The highest BCUT2D eigenvalue weighted by molar-refractivity contribution is 7.86. The van der Waals surface area contributed by atoms with Crippen LogP contribution in [0.25, 0.3) is 20.7 Å². The van der Waals surface area contributed by atoms with Gasteiger partial charge in [0.05, 0.1) is 9.79 Å². The Labute approximate surface area is 216 Å². The van der Waals surface area contributed by atoms with Crippen molar-refractivity contribution in [2.45, 2.75) is 9.79 Å². The normalized spacial score (nSPS) is 10.6. The van der Waals surface area contributed by atoms with Crippen LogP contribution in [0.1, 0.15) is 0 Å². The molecule has 14 heteroatoms. The van der Waals surface area contributed by atoms with Crippen molar-refractivity contribution in [2.75, 3.05) is 0 Å². The van der Waals surface area contributed by atoms with Gasteiger partial charge in [0.25, 0.3) is 0 Å². The molecule has 4 aromatic carbocycles. The van der Waals surface area contributed by atoms with E-state index < -0.39 is 30.0 Å². The van der Waals surface area contributed by atoms with Crippen LogP contribution >= 0.6 is 23.2 Å². The van der Waals surface area contributed by atoms with Crippen molar-refractivity contribution >= 4 is 65.6 Å². The third-order valence-corrected chi connectivity index (χ3v) is 6.73. The molecule has 0 aliphatic carbocycles. The maximum Gasteiger partial charge on any atom is 0.403 e. The predicted molar refractivity (Wildman–Crippen MR) is 132 cm³/mol. The van der Waals surface area contributed by atoms with Crippen LogP contribution in [0.4, 0.5) is 11.4 Å². The summed E-state index contributed by atoms with van der Waals surface area (Å²) < 4.78 is 66.1. The Hall–Kier alpha value is -3.62. The molecule has 184 valence electrons. The van der Waals surface area contributed by atoms with Gasteiger partial charge in [0.15, 0.2) is 9.95 Å². The summed E-state index contributed by atoms with van der Waals surface area (Å²) >= 11 is 11.1. The van der Waals surface area contributed by atoms with E-state index in [1.165, 1.54) is 24.3 Å². The minimum atomic E-state index is -4.74.